The van der Waals surface area contributed by atoms with Crippen molar-refractivity contribution in [3.8, 4) is 0 Å². The number of anilines is 2. The van der Waals surface area contributed by atoms with E-state index < -0.39 is 139 Å². The molecule has 4 aliphatic heterocycles. The van der Waals surface area contributed by atoms with Gasteiger partial charge in [0, 0.05) is 63.7 Å². The Morgan fingerprint density at radius 3 is 1.20 bits per heavy atom. The Balaban J connectivity index is 1.29. The van der Waals surface area contributed by atoms with Crippen molar-refractivity contribution in [2.24, 2.45) is 11.8 Å². The Labute approximate surface area is 470 Å². The summed E-state index contributed by atoms with van der Waals surface area (Å²) in [6, 6.07) is 8.76. The van der Waals surface area contributed by atoms with Crippen LogP contribution in [-0.4, -0.2) is 205 Å². The van der Waals surface area contributed by atoms with E-state index in [0.717, 1.165) is 22.3 Å². The highest BCUT2D eigenvalue weighted by Crippen LogP contribution is 2.40. The van der Waals surface area contributed by atoms with Crippen LogP contribution in [0.4, 0.5) is 21.0 Å². The van der Waals surface area contributed by atoms with Crippen LogP contribution in [0.25, 0.3) is 0 Å². The van der Waals surface area contributed by atoms with Gasteiger partial charge in [-0.05, 0) is 105 Å². The zero-order valence-corrected chi connectivity index (χ0v) is 49.5. The van der Waals surface area contributed by atoms with Gasteiger partial charge in [-0.25, -0.2) is 26.4 Å². The molecule has 0 aromatic heterocycles. The van der Waals surface area contributed by atoms with E-state index in [2.05, 4.69) is 21.3 Å². The van der Waals surface area contributed by atoms with E-state index in [-0.39, 0.29) is 64.7 Å². The van der Waals surface area contributed by atoms with Gasteiger partial charge in [0.1, 0.15) is 35.4 Å². The van der Waals surface area contributed by atoms with Crippen molar-refractivity contribution >= 4 is 79.1 Å². The number of fused-ring (bicyclic) bond motifs is 2. The third-order valence-electron chi connectivity index (χ3n) is 15.1. The molecule has 4 N–H and O–H groups in total. The van der Waals surface area contributed by atoms with Crippen LogP contribution >= 0.6 is 0 Å². The summed E-state index contributed by atoms with van der Waals surface area (Å²) in [6.07, 6.45) is 0.934. The van der Waals surface area contributed by atoms with Gasteiger partial charge in [0.15, 0.2) is 0 Å². The average molecular weight is 1160 g/mol. The molecule has 80 heavy (non-hydrogen) atoms. The second-order valence-electron chi connectivity index (χ2n) is 23.3. The fourth-order valence-corrected chi connectivity index (χ4v) is 13.2. The molecule has 0 saturated carbocycles. The number of sulfonamides is 2. The second kappa shape index (κ2) is 25.2. The number of nitrogens with zero attached hydrogens (tertiary/aromatic N) is 6. The van der Waals surface area contributed by atoms with Crippen LogP contribution < -0.4 is 21.3 Å². The molecule has 6 rings (SSSR count). The van der Waals surface area contributed by atoms with E-state index >= 15 is 9.59 Å². The van der Waals surface area contributed by atoms with Crippen molar-refractivity contribution < 1.29 is 64.7 Å². The molecule has 0 radical (unpaired) electrons. The highest BCUT2D eigenvalue weighted by atomic mass is 32.2. The van der Waals surface area contributed by atoms with Gasteiger partial charge in [-0.3, -0.25) is 38.6 Å². The Morgan fingerprint density at radius 2 is 0.900 bits per heavy atom. The van der Waals surface area contributed by atoms with Gasteiger partial charge in [-0.1, -0.05) is 49.2 Å². The third-order valence-corrected chi connectivity index (χ3v) is 17.6. The standard InChI is InChI=1S/C54H80N10O14S2/c1-33(59(9)51(71)77-53(3,4)5)45(65)57-39(49(69)61-29-27-41-43(61)37(31-63(41)79(11,73)74)47(67)55-35-21-15-13-16-22-35)25-19-20-26-40(58-46(66)34(2)60(10)52(72)78-54(6,7)8)50(70)62-30-28-42-44(62)38(32-64(42)80(12,75)76)48(68)56-36-23-17-14-18-24-36/h13-18,21-24,33-34,37-44H,19-20,25-32H2,1-12H3,(H,55,67)(H,56,68)(H,57,65)(H,58,66)/t33-,34-,37-,38-,39?,40?,41+,42+,43+,44+/m0/s1. The molecule has 2 unspecified atom stereocenters. The van der Waals surface area contributed by atoms with Gasteiger partial charge in [-0.15, -0.1) is 0 Å². The number of para-hydroxylation sites is 2. The molecule has 442 valence electrons. The van der Waals surface area contributed by atoms with E-state index in [1.165, 1.54) is 46.4 Å². The molecule has 26 heteroatoms. The zero-order valence-electron chi connectivity index (χ0n) is 47.8. The van der Waals surface area contributed by atoms with E-state index in [9.17, 15) is 45.6 Å². The van der Waals surface area contributed by atoms with Crippen LogP contribution in [-0.2, 0) is 58.3 Å². The lowest BCUT2D eigenvalue weighted by Gasteiger charge is -2.33. The first-order chi connectivity index (χ1) is 37.2. The van der Waals surface area contributed by atoms with Crippen molar-refractivity contribution in [2.75, 3.05) is 63.4 Å². The highest BCUT2D eigenvalue weighted by molar-refractivity contribution is 7.88. The van der Waals surface area contributed by atoms with Crippen molar-refractivity contribution in [2.45, 2.75) is 153 Å². The molecule has 0 spiro atoms. The van der Waals surface area contributed by atoms with Gasteiger partial charge in [0.25, 0.3) is 0 Å². The number of unbranched alkanes of at least 4 members (excludes halogenated alkanes) is 1. The second-order valence-corrected chi connectivity index (χ2v) is 27.2. The molecular formula is C54H80N10O14S2. The minimum Gasteiger partial charge on any atom is -0.444 e. The lowest BCUT2D eigenvalue weighted by atomic mass is 9.96. The number of hydrogen-bond donors (Lipinski definition) is 4. The van der Waals surface area contributed by atoms with E-state index in [1.807, 2.05) is 0 Å². The summed E-state index contributed by atoms with van der Waals surface area (Å²) in [5.74, 6) is -5.75. The number of ether oxygens (including phenoxy) is 2. The third kappa shape index (κ3) is 15.3. The first kappa shape index (κ1) is 62.8. The Morgan fingerprint density at radius 1 is 0.575 bits per heavy atom. The van der Waals surface area contributed by atoms with E-state index in [0.29, 0.717) is 11.4 Å². The molecule has 4 fully saturated rings. The van der Waals surface area contributed by atoms with Crippen LogP contribution in [0.5, 0.6) is 0 Å². The first-order valence-corrected chi connectivity index (χ1v) is 30.7. The number of hydrogen-bond acceptors (Lipinski definition) is 14. The molecule has 2 aromatic carbocycles. The molecule has 0 bridgehead atoms. The summed E-state index contributed by atoms with van der Waals surface area (Å²) in [7, 11) is -5.00. The fraction of sp³-hybridized carbons (Fsp3) is 0.630. The van der Waals surface area contributed by atoms with Gasteiger partial charge < -0.3 is 40.5 Å². The molecule has 0 aliphatic carbocycles. The van der Waals surface area contributed by atoms with Gasteiger partial charge >= 0.3 is 12.2 Å². The van der Waals surface area contributed by atoms with Gasteiger partial charge in [-0.2, -0.15) is 8.61 Å². The molecule has 8 amide bonds. The molecule has 4 aliphatic rings. The van der Waals surface area contributed by atoms with Crippen molar-refractivity contribution in [1.82, 2.24) is 38.8 Å². The number of amides is 8. The minimum atomic E-state index is -3.87. The zero-order chi connectivity index (χ0) is 59.4. The predicted octanol–water partition coefficient (Wildman–Crippen LogP) is 3.03. The number of likely N-dealkylation sites (tertiary alicyclic amines) is 2. The van der Waals surface area contributed by atoms with Crippen LogP contribution in [0.2, 0.25) is 0 Å². The van der Waals surface area contributed by atoms with Crippen LogP contribution in [0.3, 0.4) is 0 Å². The molecule has 4 heterocycles. The number of rotatable bonds is 19. The average Bonchev–Trinajstić information content (AvgIpc) is 4.36. The summed E-state index contributed by atoms with van der Waals surface area (Å²) in [5, 5.41) is 11.3. The quantitative estimate of drug-likeness (QED) is 0.147. The minimum absolute atomic E-state index is 0.0344. The summed E-state index contributed by atoms with van der Waals surface area (Å²) in [4.78, 5) is 118. The summed E-state index contributed by atoms with van der Waals surface area (Å²) in [5.41, 5.74) is -0.870. The van der Waals surface area contributed by atoms with Gasteiger partial charge in [0.2, 0.25) is 55.5 Å². The van der Waals surface area contributed by atoms with Crippen LogP contribution in [0.15, 0.2) is 60.7 Å². The number of carbonyl (C=O) groups is 8. The fourth-order valence-electron chi connectivity index (χ4n) is 10.9. The number of nitrogens with one attached hydrogen (secondary N) is 4. The van der Waals surface area contributed by atoms with E-state index in [1.54, 1.807) is 102 Å². The Hall–Kier alpha value is -6.38. The topological polar surface area (TPSA) is 291 Å². The molecule has 4 saturated heterocycles. The summed E-state index contributed by atoms with van der Waals surface area (Å²) in [6.45, 7) is 12.6. The molecule has 10 atom stereocenters. The molecule has 24 nitrogen and oxygen atoms in total. The lowest BCUT2D eigenvalue weighted by molar-refractivity contribution is -0.140. The first-order valence-electron chi connectivity index (χ1n) is 27.0. The maximum absolute atomic E-state index is 15.1. The number of carbonyl (C=O) groups excluding carboxylic acids is 8. The van der Waals surface area contributed by atoms with Crippen molar-refractivity contribution in [3.63, 3.8) is 0 Å². The summed E-state index contributed by atoms with van der Waals surface area (Å²) >= 11 is 0. The van der Waals surface area contributed by atoms with Crippen molar-refractivity contribution in [3.05, 3.63) is 60.7 Å². The van der Waals surface area contributed by atoms with Crippen LogP contribution in [0.1, 0.15) is 93.9 Å². The number of benzene rings is 2. The Kier molecular flexibility index (Phi) is 19.8. The maximum atomic E-state index is 15.1. The predicted molar refractivity (Wildman–Crippen MR) is 297 cm³/mol. The number of likely N-dealkylation sites (N-methyl/N-ethyl adjacent to an activating group) is 2. The largest absolute Gasteiger partial charge is 0.444 e. The van der Waals surface area contributed by atoms with E-state index in [4.69, 9.17) is 9.47 Å². The smallest absolute Gasteiger partial charge is 0.410 e. The maximum Gasteiger partial charge on any atom is 0.410 e. The molecule has 2 aromatic rings. The van der Waals surface area contributed by atoms with Gasteiger partial charge in [0.05, 0.1) is 36.4 Å². The monoisotopic (exact) mass is 1160 g/mol. The molecular weight excluding hydrogens is 1080 g/mol. The normalized spacial score (nSPS) is 22.9. The summed E-state index contributed by atoms with van der Waals surface area (Å²) < 4.78 is 66.3. The highest BCUT2D eigenvalue weighted by Gasteiger charge is 2.57. The Bertz CT molecular complexity index is 2660. The van der Waals surface area contributed by atoms with Crippen molar-refractivity contribution in [1.29, 1.82) is 0 Å². The SMILES string of the molecule is C[C@@H](C(=O)NC(CCCCC(NC(=O)[C@H](C)N(C)C(=O)OC(C)(C)C)C(=O)N1CC[C@@H]2[C@H]1[C@@H](C(=O)Nc1ccccc1)CN2S(C)(=O)=O)C(=O)N1CC[C@@H]2[C@H]1[C@@H](C(=O)Nc1ccccc1)CN2S(C)(=O)=O)N(C)C(=O)OC(C)(C)C. The lowest BCUT2D eigenvalue weighted by Crippen LogP contribution is -2.57. The van der Waals surface area contributed by atoms with Crippen LogP contribution in [0, 0.1) is 11.8 Å².